The number of benzene rings is 3. The molecule has 34 heavy (non-hydrogen) atoms. The molecule has 174 valence electrons. The minimum atomic E-state index is -0.415. The van der Waals surface area contributed by atoms with Gasteiger partial charge in [-0.15, -0.1) is 0 Å². The third-order valence-corrected chi connectivity index (χ3v) is 6.44. The lowest BCUT2D eigenvalue weighted by molar-refractivity contribution is -0.384. The monoisotopic (exact) mass is 477 g/mol. The third kappa shape index (κ3) is 5.04. The van der Waals surface area contributed by atoms with Crippen molar-refractivity contribution < 1.29 is 14.4 Å². The van der Waals surface area contributed by atoms with Crippen molar-refractivity contribution in [3.63, 3.8) is 0 Å². The van der Waals surface area contributed by atoms with Gasteiger partial charge in [-0.1, -0.05) is 42.1 Å². The molecule has 0 bridgehead atoms. The van der Waals surface area contributed by atoms with E-state index in [1.54, 1.807) is 37.0 Å². The van der Waals surface area contributed by atoms with Gasteiger partial charge in [0.25, 0.3) is 11.2 Å². The van der Waals surface area contributed by atoms with Crippen molar-refractivity contribution in [1.82, 2.24) is 9.55 Å². The van der Waals surface area contributed by atoms with Crippen LogP contribution >= 0.6 is 11.8 Å². The summed E-state index contributed by atoms with van der Waals surface area (Å²) in [5.41, 5.74) is 2.32. The predicted molar refractivity (Wildman–Crippen MR) is 132 cm³/mol. The number of nitro benzene ring substituents is 1. The molecule has 9 heteroatoms. The first-order chi connectivity index (χ1) is 16.5. The van der Waals surface area contributed by atoms with Crippen molar-refractivity contribution in [2.45, 2.75) is 23.9 Å². The van der Waals surface area contributed by atoms with E-state index in [1.807, 2.05) is 42.5 Å². The molecule has 0 N–H and O–H groups in total. The topological polar surface area (TPSA) is 96.5 Å². The summed E-state index contributed by atoms with van der Waals surface area (Å²) < 4.78 is 12.4. The van der Waals surface area contributed by atoms with Crippen molar-refractivity contribution in [3.05, 3.63) is 98.3 Å². The van der Waals surface area contributed by atoms with E-state index >= 15 is 0 Å². The van der Waals surface area contributed by atoms with Crippen molar-refractivity contribution >= 4 is 28.4 Å². The largest absolute Gasteiger partial charge is 0.493 e. The number of nitro groups is 1. The number of nitrogens with zero attached hydrogens (tertiary/aromatic N) is 3. The molecule has 0 unspecified atom stereocenters. The van der Waals surface area contributed by atoms with Gasteiger partial charge in [0.2, 0.25) is 0 Å². The molecular weight excluding hydrogens is 454 g/mol. The highest BCUT2D eigenvalue weighted by molar-refractivity contribution is 7.98. The maximum absolute atomic E-state index is 13.3. The molecule has 3 aromatic carbocycles. The number of hydrogen-bond acceptors (Lipinski definition) is 7. The Morgan fingerprint density at radius 1 is 0.971 bits per heavy atom. The molecular formula is C25H23N3O5S. The minimum Gasteiger partial charge on any atom is -0.493 e. The Kier molecular flexibility index (Phi) is 7.12. The van der Waals surface area contributed by atoms with Gasteiger partial charge in [0.05, 0.1) is 30.0 Å². The van der Waals surface area contributed by atoms with Crippen LogP contribution in [0.3, 0.4) is 0 Å². The molecule has 1 aromatic heterocycles. The molecule has 0 atom stereocenters. The first kappa shape index (κ1) is 23.3. The first-order valence-electron chi connectivity index (χ1n) is 10.6. The fraction of sp³-hybridized carbons (Fsp3) is 0.200. The SMILES string of the molecule is COc1ccc(CCn2c(SCc3cccc([N+](=O)[O-])c3)nc3ccccc3c2=O)cc1OC. The van der Waals surface area contributed by atoms with Crippen LogP contribution in [0.2, 0.25) is 0 Å². The normalized spacial score (nSPS) is 10.9. The molecule has 0 saturated heterocycles. The van der Waals surface area contributed by atoms with E-state index in [0.29, 0.717) is 46.3 Å². The zero-order valence-corrected chi connectivity index (χ0v) is 19.6. The molecule has 0 aliphatic rings. The van der Waals surface area contributed by atoms with E-state index in [1.165, 1.54) is 17.8 Å². The summed E-state index contributed by atoms with van der Waals surface area (Å²) in [6.07, 6.45) is 0.588. The Bertz CT molecular complexity index is 1400. The number of hydrogen-bond donors (Lipinski definition) is 0. The Morgan fingerprint density at radius 2 is 1.76 bits per heavy atom. The number of methoxy groups -OCH3 is 2. The highest BCUT2D eigenvalue weighted by Crippen LogP contribution is 2.28. The fourth-order valence-electron chi connectivity index (χ4n) is 3.64. The van der Waals surface area contributed by atoms with E-state index < -0.39 is 4.92 Å². The maximum Gasteiger partial charge on any atom is 0.269 e. The van der Waals surface area contributed by atoms with Gasteiger partial charge >= 0.3 is 0 Å². The second-order valence-corrected chi connectivity index (χ2v) is 8.47. The van der Waals surface area contributed by atoms with E-state index in [9.17, 15) is 14.9 Å². The van der Waals surface area contributed by atoms with Gasteiger partial charge in [-0.25, -0.2) is 4.98 Å². The van der Waals surface area contributed by atoms with Gasteiger partial charge in [0.15, 0.2) is 16.7 Å². The van der Waals surface area contributed by atoms with Crippen LogP contribution < -0.4 is 15.0 Å². The highest BCUT2D eigenvalue weighted by Gasteiger charge is 2.14. The summed E-state index contributed by atoms with van der Waals surface area (Å²) in [6.45, 7) is 0.420. The van der Waals surface area contributed by atoms with Crippen molar-refractivity contribution in [3.8, 4) is 11.5 Å². The number of aryl methyl sites for hydroxylation is 1. The summed E-state index contributed by atoms with van der Waals surface area (Å²) in [4.78, 5) is 28.7. The van der Waals surface area contributed by atoms with Crippen LogP contribution in [0.5, 0.6) is 11.5 Å². The number of aromatic nitrogens is 2. The van der Waals surface area contributed by atoms with Crippen LogP contribution in [0, 0.1) is 10.1 Å². The number of thioether (sulfide) groups is 1. The number of rotatable bonds is 9. The van der Waals surface area contributed by atoms with Gasteiger partial charge in [-0.3, -0.25) is 19.5 Å². The molecule has 0 saturated carbocycles. The van der Waals surface area contributed by atoms with Gasteiger partial charge in [-0.05, 0) is 41.8 Å². The lowest BCUT2D eigenvalue weighted by Gasteiger charge is -2.14. The van der Waals surface area contributed by atoms with E-state index in [0.717, 1.165) is 11.1 Å². The van der Waals surface area contributed by atoms with E-state index in [-0.39, 0.29) is 11.2 Å². The van der Waals surface area contributed by atoms with Crippen LogP contribution in [0.4, 0.5) is 5.69 Å². The van der Waals surface area contributed by atoms with Crippen LogP contribution in [0.25, 0.3) is 10.9 Å². The quantitative estimate of drug-likeness (QED) is 0.147. The summed E-state index contributed by atoms with van der Waals surface area (Å²) in [7, 11) is 3.17. The van der Waals surface area contributed by atoms with Crippen LogP contribution in [-0.4, -0.2) is 28.7 Å². The average Bonchev–Trinajstić information content (AvgIpc) is 2.87. The average molecular weight is 478 g/mol. The molecule has 0 radical (unpaired) electrons. The number of ether oxygens (including phenoxy) is 2. The Morgan fingerprint density at radius 3 is 2.53 bits per heavy atom. The Labute approximate surface area is 200 Å². The molecule has 0 amide bonds. The summed E-state index contributed by atoms with van der Waals surface area (Å²) in [5, 5.41) is 12.2. The van der Waals surface area contributed by atoms with Crippen molar-refractivity contribution in [1.29, 1.82) is 0 Å². The standard InChI is InChI=1S/C25H23N3O5S/c1-32-22-11-10-17(15-23(22)33-2)12-13-27-24(29)20-8-3-4-9-21(20)26-25(27)34-16-18-6-5-7-19(14-18)28(30)31/h3-11,14-15H,12-13,16H2,1-2H3. The van der Waals surface area contributed by atoms with Gasteiger partial charge in [-0.2, -0.15) is 0 Å². The van der Waals surface area contributed by atoms with Crippen molar-refractivity contribution in [2.24, 2.45) is 0 Å². The van der Waals surface area contributed by atoms with E-state index in [4.69, 9.17) is 14.5 Å². The first-order valence-corrected chi connectivity index (χ1v) is 11.6. The maximum atomic E-state index is 13.3. The molecule has 4 rings (SSSR count). The van der Waals surface area contributed by atoms with Gasteiger partial charge in [0.1, 0.15) is 0 Å². The zero-order chi connectivity index (χ0) is 24.1. The third-order valence-electron chi connectivity index (χ3n) is 5.39. The lowest BCUT2D eigenvalue weighted by Crippen LogP contribution is -2.24. The smallest absolute Gasteiger partial charge is 0.269 e. The van der Waals surface area contributed by atoms with Gasteiger partial charge in [0, 0.05) is 24.4 Å². The molecule has 0 aliphatic heterocycles. The summed E-state index contributed by atoms with van der Waals surface area (Å²) in [6, 6.07) is 19.4. The number of para-hydroxylation sites is 1. The van der Waals surface area contributed by atoms with Crippen LogP contribution in [-0.2, 0) is 18.7 Å². The Hall–Kier alpha value is -3.85. The molecule has 0 aliphatic carbocycles. The zero-order valence-electron chi connectivity index (χ0n) is 18.8. The molecule has 0 fully saturated rings. The number of non-ortho nitro benzene ring substituents is 1. The Balaban J connectivity index is 1.64. The van der Waals surface area contributed by atoms with Crippen LogP contribution in [0.1, 0.15) is 11.1 Å². The van der Waals surface area contributed by atoms with E-state index in [2.05, 4.69) is 0 Å². The molecule has 1 heterocycles. The lowest BCUT2D eigenvalue weighted by atomic mass is 10.1. The molecule has 0 spiro atoms. The van der Waals surface area contributed by atoms with Crippen molar-refractivity contribution in [2.75, 3.05) is 14.2 Å². The minimum absolute atomic E-state index is 0.0374. The fourth-order valence-corrected chi connectivity index (χ4v) is 4.61. The second-order valence-electron chi connectivity index (χ2n) is 7.52. The predicted octanol–water partition coefficient (Wildman–Crippen LogP) is 4.86. The summed E-state index contributed by atoms with van der Waals surface area (Å²) >= 11 is 1.38. The molecule has 4 aromatic rings. The second kappa shape index (κ2) is 10.4. The summed E-state index contributed by atoms with van der Waals surface area (Å²) in [5.74, 6) is 1.72. The number of fused-ring (bicyclic) bond motifs is 1. The van der Waals surface area contributed by atoms with Crippen LogP contribution in [0.15, 0.2) is 76.7 Å². The highest BCUT2D eigenvalue weighted by atomic mass is 32.2. The molecule has 8 nitrogen and oxygen atoms in total. The van der Waals surface area contributed by atoms with Gasteiger partial charge < -0.3 is 9.47 Å².